The van der Waals surface area contributed by atoms with Crippen LogP contribution >= 0.6 is 0 Å². The Morgan fingerprint density at radius 3 is 0.875 bits per heavy atom. The maximum atomic E-state index is 5.49. The van der Waals surface area contributed by atoms with E-state index in [0.29, 0.717) is 0 Å². The van der Waals surface area contributed by atoms with Gasteiger partial charge in [-0.1, -0.05) is 161 Å². The van der Waals surface area contributed by atoms with Gasteiger partial charge in [0, 0.05) is 0 Å². The summed E-state index contributed by atoms with van der Waals surface area (Å²) >= 11 is 0. The van der Waals surface area contributed by atoms with Crippen LogP contribution in [0, 0.1) is 0 Å². The van der Waals surface area contributed by atoms with Crippen molar-refractivity contribution in [3.63, 3.8) is 0 Å². The fourth-order valence-electron chi connectivity index (χ4n) is 4.74. The number of hydrogen-bond acceptors (Lipinski definition) is 2. The summed E-state index contributed by atoms with van der Waals surface area (Å²) in [6.45, 7) is 5.39. The van der Waals surface area contributed by atoms with Crippen LogP contribution in [0.5, 0.6) is 0 Å². The van der Waals surface area contributed by atoms with E-state index in [1.54, 1.807) is 0 Å². The molecule has 0 spiro atoms. The minimum absolute atomic E-state index is 0.812. The molecule has 0 radical (unpaired) electrons. The molecular formula is C30H64N2. The van der Waals surface area contributed by atoms with E-state index in [-0.39, 0.29) is 0 Å². The molecule has 2 nitrogen and oxygen atoms in total. The van der Waals surface area contributed by atoms with E-state index >= 15 is 0 Å². The van der Waals surface area contributed by atoms with Gasteiger partial charge in [0.2, 0.25) is 0 Å². The zero-order valence-electron chi connectivity index (χ0n) is 22.6. The number of unbranched alkanes of at least 4 members (excludes halogenated alkanes) is 24. The van der Waals surface area contributed by atoms with E-state index in [1.807, 2.05) is 0 Å². The number of nitrogens with two attached hydrogens (primary N) is 1. The van der Waals surface area contributed by atoms with Crippen LogP contribution in [-0.2, 0) is 0 Å². The predicted octanol–water partition coefficient (Wildman–Crippen LogP) is 9.70. The predicted molar refractivity (Wildman–Crippen MR) is 148 cm³/mol. The van der Waals surface area contributed by atoms with Crippen LogP contribution in [0.2, 0.25) is 0 Å². The summed E-state index contributed by atoms with van der Waals surface area (Å²) in [5.41, 5.74) is 5.49. The molecule has 0 bridgehead atoms. The molecule has 194 valence electrons. The summed E-state index contributed by atoms with van der Waals surface area (Å²) in [7, 11) is 0. The molecule has 3 N–H and O–H groups in total. The third-order valence-corrected chi connectivity index (χ3v) is 7.01. The topological polar surface area (TPSA) is 38.0 Å². The van der Waals surface area contributed by atoms with E-state index in [0.717, 1.165) is 19.5 Å². The highest BCUT2D eigenvalue weighted by Gasteiger charge is 1.96. The van der Waals surface area contributed by atoms with E-state index < -0.39 is 0 Å². The average molecular weight is 453 g/mol. The van der Waals surface area contributed by atoms with Crippen molar-refractivity contribution in [3.05, 3.63) is 0 Å². The Labute approximate surface area is 204 Å². The van der Waals surface area contributed by atoms with E-state index in [9.17, 15) is 0 Å². The van der Waals surface area contributed by atoms with Crippen LogP contribution < -0.4 is 11.1 Å². The van der Waals surface area contributed by atoms with Crippen molar-refractivity contribution in [1.82, 2.24) is 5.32 Å². The standard InChI is InChI=1S/C30H64N2/c1-2-3-4-5-6-7-8-9-10-11-12-13-14-15-16-17-18-19-20-21-22-23-24-25-26-29-32-30-27-28-31/h32H,2-31H2,1H3. The molecule has 0 atom stereocenters. The van der Waals surface area contributed by atoms with E-state index in [1.165, 1.54) is 167 Å². The lowest BCUT2D eigenvalue weighted by atomic mass is 10.0. The highest BCUT2D eigenvalue weighted by molar-refractivity contribution is 4.53. The molecule has 2 heteroatoms. The quantitative estimate of drug-likeness (QED) is 0.111. The fraction of sp³-hybridized carbons (Fsp3) is 1.00. The zero-order valence-corrected chi connectivity index (χ0v) is 22.6. The van der Waals surface area contributed by atoms with Gasteiger partial charge in [-0.05, 0) is 32.5 Å². The van der Waals surface area contributed by atoms with Crippen molar-refractivity contribution in [2.24, 2.45) is 5.73 Å². The largest absolute Gasteiger partial charge is 0.330 e. The van der Waals surface area contributed by atoms with Crippen LogP contribution in [0.4, 0.5) is 0 Å². The lowest BCUT2D eigenvalue weighted by molar-refractivity contribution is 0.514. The molecule has 0 heterocycles. The lowest BCUT2D eigenvalue weighted by Crippen LogP contribution is -2.19. The minimum Gasteiger partial charge on any atom is -0.330 e. The SMILES string of the molecule is CCCCCCCCCCCCCCCCCCCCCCCCCCCNCCCN. The monoisotopic (exact) mass is 453 g/mol. The first-order valence-corrected chi connectivity index (χ1v) is 15.3. The van der Waals surface area contributed by atoms with Gasteiger partial charge in [-0.2, -0.15) is 0 Å². The Bertz CT molecular complexity index is 275. The molecule has 0 amide bonds. The molecule has 0 aliphatic carbocycles. The molecule has 0 aliphatic rings. The highest BCUT2D eigenvalue weighted by Crippen LogP contribution is 2.15. The number of rotatable bonds is 29. The third-order valence-electron chi connectivity index (χ3n) is 7.01. The Balaban J connectivity index is 2.98. The molecule has 0 fully saturated rings. The highest BCUT2D eigenvalue weighted by atomic mass is 14.8. The van der Waals surface area contributed by atoms with Crippen molar-refractivity contribution in [2.45, 2.75) is 174 Å². The molecule has 0 saturated carbocycles. The van der Waals surface area contributed by atoms with Gasteiger partial charge in [0.1, 0.15) is 0 Å². The Morgan fingerprint density at radius 1 is 0.344 bits per heavy atom. The smallest absolute Gasteiger partial charge is 0.00369 e. The second-order valence-corrected chi connectivity index (χ2v) is 10.4. The lowest BCUT2D eigenvalue weighted by Gasteiger charge is -2.05. The van der Waals surface area contributed by atoms with Gasteiger partial charge in [-0.25, -0.2) is 0 Å². The van der Waals surface area contributed by atoms with Crippen LogP contribution in [0.15, 0.2) is 0 Å². The maximum Gasteiger partial charge on any atom is -0.00369 e. The summed E-state index contributed by atoms with van der Waals surface area (Å²) in [6.07, 6.45) is 37.6. The first-order chi connectivity index (χ1) is 15.9. The third kappa shape index (κ3) is 29.9. The first-order valence-electron chi connectivity index (χ1n) is 15.3. The van der Waals surface area contributed by atoms with Gasteiger partial charge in [0.25, 0.3) is 0 Å². The van der Waals surface area contributed by atoms with Crippen LogP contribution in [0.1, 0.15) is 174 Å². The molecule has 0 aromatic heterocycles. The fourth-order valence-corrected chi connectivity index (χ4v) is 4.74. The van der Waals surface area contributed by atoms with Gasteiger partial charge in [0.15, 0.2) is 0 Å². The summed E-state index contributed by atoms with van der Waals surface area (Å²) in [6, 6.07) is 0. The van der Waals surface area contributed by atoms with E-state index in [2.05, 4.69) is 12.2 Å². The maximum absolute atomic E-state index is 5.49. The summed E-state index contributed by atoms with van der Waals surface area (Å²) in [4.78, 5) is 0. The molecule has 0 aromatic carbocycles. The molecule has 0 rings (SSSR count). The van der Waals surface area contributed by atoms with Crippen LogP contribution in [-0.4, -0.2) is 19.6 Å². The van der Waals surface area contributed by atoms with Crippen LogP contribution in [0.25, 0.3) is 0 Å². The molecule has 0 aromatic rings. The van der Waals surface area contributed by atoms with Crippen LogP contribution in [0.3, 0.4) is 0 Å². The van der Waals surface area contributed by atoms with Crippen molar-refractivity contribution in [2.75, 3.05) is 19.6 Å². The molecule has 0 unspecified atom stereocenters. The molecule has 0 aliphatic heterocycles. The molecule has 32 heavy (non-hydrogen) atoms. The van der Waals surface area contributed by atoms with Crippen molar-refractivity contribution < 1.29 is 0 Å². The van der Waals surface area contributed by atoms with E-state index in [4.69, 9.17) is 5.73 Å². The summed E-state index contributed by atoms with van der Waals surface area (Å²) < 4.78 is 0. The minimum atomic E-state index is 0.812. The second kappa shape index (κ2) is 30.9. The normalized spacial score (nSPS) is 11.4. The van der Waals surface area contributed by atoms with Crippen molar-refractivity contribution in [1.29, 1.82) is 0 Å². The van der Waals surface area contributed by atoms with Gasteiger partial charge in [0.05, 0.1) is 0 Å². The van der Waals surface area contributed by atoms with Crippen molar-refractivity contribution in [3.8, 4) is 0 Å². The average Bonchev–Trinajstić information content (AvgIpc) is 2.81. The number of nitrogens with one attached hydrogen (secondary N) is 1. The Hall–Kier alpha value is -0.0800. The molecular weight excluding hydrogens is 388 g/mol. The summed E-state index contributed by atoms with van der Waals surface area (Å²) in [5, 5.41) is 3.47. The van der Waals surface area contributed by atoms with Gasteiger partial charge in [-0.3, -0.25) is 0 Å². The first kappa shape index (κ1) is 31.9. The Morgan fingerprint density at radius 2 is 0.594 bits per heavy atom. The number of hydrogen-bond donors (Lipinski definition) is 2. The van der Waals surface area contributed by atoms with Gasteiger partial charge in [-0.15, -0.1) is 0 Å². The van der Waals surface area contributed by atoms with Crippen molar-refractivity contribution >= 4 is 0 Å². The zero-order chi connectivity index (χ0) is 23.2. The summed E-state index contributed by atoms with van der Waals surface area (Å²) in [5.74, 6) is 0. The van der Waals surface area contributed by atoms with Gasteiger partial charge >= 0.3 is 0 Å². The van der Waals surface area contributed by atoms with Gasteiger partial charge < -0.3 is 11.1 Å². The molecule has 0 saturated heterocycles. The second-order valence-electron chi connectivity index (χ2n) is 10.4. The Kier molecular flexibility index (Phi) is 30.8.